The van der Waals surface area contributed by atoms with E-state index in [1.165, 1.54) is 6.08 Å². The first-order valence-corrected chi connectivity index (χ1v) is 1.83. The Morgan fingerprint density at radius 2 is 1.40 bits per heavy atom. The smallest absolute Gasteiger partial charge is 0.222 e. The number of isocyanates is 2. The van der Waals surface area contributed by atoms with Gasteiger partial charge in [-0.05, 0) is 0 Å². The van der Waals surface area contributed by atoms with E-state index in [4.69, 9.17) is 25.7 Å². The number of nitrogens with one attached hydrogen (secondary N) is 2. The number of nitriles is 1. The fourth-order valence-corrected chi connectivity index (χ4v) is 0. The van der Waals surface area contributed by atoms with Gasteiger partial charge in [-0.3, -0.25) is 0 Å². The molecule has 0 aliphatic carbocycles. The van der Waals surface area contributed by atoms with Crippen LogP contribution in [0.4, 0.5) is 0 Å². The van der Waals surface area contributed by atoms with E-state index in [-0.39, 0.29) is 0 Å². The van der Waals surface area contributed by atoms with Gasteiger partial charge in [-0.2, -0.15) is 5.26 Å². The molecule has 0 radical (unpaired) electrons. The molecule has 0 amide bonds. The second kappa shape index (κ2) is 63.3. The van der Waals surface area contributed by atoms with Crippen molar-refractivity contribution in [3.05, 3.63) is 12.7 Å². The Labute approximate surface area is 57.6 Å². The van der Waals surface area contributed by atoms with Crippen molar-refractivity contribution in [2.75, 3.05) is 0 Å². The lowest BCUT2D eigenvalue weighted by atomic mass is 10.8. The van der Waals surface area contributed by atoms with Crippen molar-refractivity contribution in [3.63, 3.8) is 0 Å². The molecule has 0 aromatic rings. The highest BCUT2D eigenvalue weighted by molar-refractivity contribution is 5.26. The maximum atomic E-state index is 8.35. The molecule has 0 rings (SSSR count). The predicted octanol–water partition coefficient (Wildman–Crippen LogP) is 0.498. The van der Waals surface area contributed by atoms with E-state index in [0.717, 1.165) is 12.2 Å². The van der Waals surface area contributed by atoms with Crippen LogP contribution in [0.15, 0.2) is 12.7 Å². The number of hydrogen-bond acceptors (Lipinski definition) is 5. The quantitative estimate of drug-likeness (QED) is 0.290. The van der Waals surface area contributed by atoms with Crippen molar-refractivity contribution >= 4 is 12.2 Å². The minimum Gasteiger partial charge on any atom is -0.222 e. The first-order valence-electron chi connectivity index (χ1n) is 1.83. The first kappa shape index (κ1) is 15.7. The van der Waals surface area contributed by atoms with Crippen LogP contribution in [-0.4, -0.2) is 12.2 Å². The van der Waals surface area contributed by atoms with Crippen molar-refractivity contribution in [2.45, 2.75) is 0 Å². The molecular formula is C5H5N3O2. The Morgan fingerprint density at radius 1 is 1.30 bits per heavy atom. The first-order chi connectivity index (χ1) is 4.74. The topological polar surface area (TPSA) is 106 Å². The second-order valence-corrected chi connectivity index (χ2v) is 0.537. The van der Waals surface area contributed by atoms with E-state index in [1.807, 2.05) is 0 Å². The van der Waals surface area contributed by atoms with Gasteiger partial charge in [0.2, 0.25) is 12.2 Å². The van der Waals surface area contributed by atoms with Crippen LogP contribution in [0.2, 0.25) is 0 Å². The molecule has 0 saturated carbocycles. The Bertz CT molecular complexity index is 156. The Kier molecular flexibility index (Phi) is 99.3. The van der Waals surface area contributed by atoms with E-state index in [2.05, 4.69) is 6.58 Å². The molecule has 10 heavy (non-hydrogen) atoms. The van der Waals surface area contributed by atoms with Gasteiger partial charge < -0.3 is 0 Å². The maximum absolute atomic E-state index is 8.35. The molecule has 0 spiro atoms. The lowest BCUT2D eigenvalue weighted by molar-refractivity contribution is 0.562. The van der Waals surface area contributed by atoms with E-state index < -0.39 is 0 Å². The average molecular weight is 139 g/mol. The van der Waals surface area contributed by atoms with Crippen LogP contribution < -0.4 is 0 Å². The van der Waals surface area contributed by atoms with Crippen molar-refractivity contribution in [3.8, 4) is 6.07 Å². The molecule has 2 N–H and O–H groups in total. The van der Waals surface area contributed by atoms with Gasteiger partial charge in [0.15, 0.2) is 0 Å². The third kappa shape index (κ3) is 146. The summed E-state index contributed by atoms with van der Waals surface area (Å²) in [4.78, 5) is 16.7. The van der Waals surface area contributed by atoms with Crippen LogP contribution in [-0.2, 0) is 9.59 Å². The van der Waals surface area contributed by atoms with Gasteiger partial charge in [0, 0.05) is 6.08 Å². The van der Waals surface area contributed by atoms with Crippen molar-refractivity contribution in [2.24, 2.45) is 0 Å². The molecule has 0 bridgehead atoms. The molecular weight excluding hydrogens is 134 g/mol. The molecule has 0 aromatic carbocycles. The highest BCUT2D eigenvalue weighted by Crippen LogP contribution is 1.41. The molecule has 5 nitrogen and oxygen atoms in total. The van der Waals surface area contributed by atoms with Gasteiger partial charge in [-0.15, -0.1) is 0 Å². The summed E-state index contributed by atoms with van der Waals surface area (Å²) < 4.78 is 0. The third-order valence-electron chi connectivity index (χ3n) is 0.0913. The summed E-state index contributed by atoms with van der Waals surface area (Å²) in [7, 11) is 0. The summed E-state index contributed by atoms with van der Waals surface area (Å²) in [6, 6.07) is 1.69. The standard InChI is InChI=1S/C3H3N.2CHNO/c1-2-3-4;2*2-1-3/h2H,1H2;2*2H. The minimum absolute atomic E-state index is 0.750. The largest absolute Gasteiger partial charge is 0.231 e. The van der Waals surface area contributed by atoms with E-state index in [9.17, 15) is 0 Å². The highest BCUT2D eigenvalue weighted by atomic mass is 16.1. The van der Waals surface area contributed by atoms with Gasteiger partial charge in [0.25, 0.3) is 0 Å². The minimum atomic E-state index is 0.750. The molecule has 0 saturated heterocycles. The monoisotopic (exact) mass is 139 g/mol. The number of hydrogen-bond donors (Lipinski definition) is 2. The molecule has 5 heteroatoms. The zero-order valence-electron chi connectivity index (χ0n) is 5.05. The normalized spacial score (nSPS) is 3.10. The third-order valence-corrected chi connectivity index (χ3v) is 0.0913. The van der Waals surface area contributed by atoms with Crippen LogP contribution >= 0.6 is 0 Å². The lowest BCUT2D eigenvalue weighted by Crippen LogP contribution is -1.23. The van der Waals surface area contributed by atoms with Crippen LogP contribution in [0.25, 0.3) is 0 Å². The number of allylic oxidation sites excluding steroid dienone is 1. The van der Waals surface area contributed by atoms with Gasteiger partial charge >= 0.3 is 0 Å². The number of carbonyl (C=O) groups excluding carboxylic acids is 2. The van der Waals surface area contributed by atoms with E-state index in [1.54, 1.807) is 6.07 Å². The van der Waals surface area contributed by atoms with Crippen molar-refractivity contribution in [1.82, 2.24) is 0 Å². The SMILES string of the molecule is C=CC#N.N=C=O.N=C=O. The van der Waals surface area contributed by atoms with Gasteiger partial charge in [-0.25, -0.2) is 20.4 Å². The van der Waals surface area contributed by atoms with Gasteiger partial charge in [0.1, 0.15) is 0 Å². The molecule has 0 heterocycles. The Balaban J connectivity index is -0.0000000750. The second-order valence-electron chi connectivity index (χ2n) is 0.537. The fourth-order valence-electron chi connectivity index (χ4n) is 0. The Hall–Kier alpha value is -2.01. The summed E-state index contributed by atoms with van der Waals surface area (Å²) in [5.41, 5.74) is 0. The zero-order chi connectivity index (χ0) is 8.83. The highest BCUT2D eigenvalue weighted by Gasteiger charge is 1.34. The molecule has 0 aliphatic rings. The summed E-state index contributed by atoms with van der Waals surface area (Å²) in [5, 5.41) is 18.3. The fraction of sp³-hybridized carbons (Fsp3) is 0. The molecule has 52 valence electrons. The summed E-state index contributed by atoms with van der Waals surface area (Å²) in [6.45, 7) is 3.12. The summed E-state index contributed by atoms with van der Waals surface area (Å²) >= 11 is 0. The molecule has 0 atom stereocenters. The molecule has 0 aliphatic heterocycles. The van der Waals surface area contributed by atoms with Gasteiger partial charge in [-0.1, -0.05) is 6.58 Å². The molecule has 0 fully saturated rings. The maximum Gasteiger partial charge on any atom is 0.231 e. The Morgan fingerprint density at radius 3 is 1.40 bits per heavy atom. The van der Waals surface area contributed by atoms with Crippen molar-refractivity contribution < 1.29 is 9.59 Å². The van der Waals surface area contributed by atoms with Gasteiger partial charge in [0.05, 0.1) is 6.07 Å². The lowest BCUT2D eigenvalue weighted by Gasteiger charge is -1.31. The van der Waals surface area contributed by atoms with Crippen LogP contribution in [0.1, 0.15) is 0 Å². The van der Waals surface area contributed by atoms with Crippen molar-refractivity contribution in [1.29, 1.82) is 16.1 Å². The molecule has 0 aromatic heterocycles. The van der Waals surface area contributed by atoms with E-state index >= 15 is 0 Å². The number of rotatable bonds is 0. The summed E-state index contributed by atoms with van der Waals surface area (Å²) in [6.07, 6.45) is 2.68. The van der Waals surface area contributed by atoms with Crippen LogP contribution in [0, 0.1) is 22.1 Å². The van der Waals surface area contributed by atoms with Crippen LogP contribution in [0.3, 0.4) is 0 Å². The van der Waals surface area contributed by atoms with Crippen LogP contribution in [0.5, 0.6) is 0 Å². The number of nitrogens with zero attached hydrogens (tertiary/aromatic N) is 1. The predicted molar refractivity (Wildman–Crippen MR) is 32.6 cm³/mol. The van der Waals surface area contributed by atoms with E-state index in [0.29, 0.717) is 0 Å². The zero-order valence-corrected chi connectivity index (χ0v) is 5.05. The average Bonchev–Trinajstić information content (AvgIpc) is 1.91. The molecule has 0 unspecified atom stereocenters. The summed E-state index contributed by atoms with van der Waals surface area (Å²) in [5.74, 6) is 0.